The quantitative estimate of drug-likeness (QED) is 0.874. The SMILES string of the molecule is Cc1occc1C(=O)NC1CCN(CC(=O)N2CCOCC2)CC1. The monoisotopic (exact) mass is 335 g/mol. The highest BCUT2D eigenvalue weighted by Crippen LogP contribution is 2.14. The van der Waals surface area contributed by atoms with Crippen LogP contribution in [-0.2, 0) is 9.53 Å². The average molecular weight is 335 g/mol. The van der Waals surface area contributed by atoms with Crippen LogP contribution in [0, 0.1) is 6.92 Å². The lowest BCUT2D eigenvalue weighted by Gasteiger charge is -2.34. The highest BCUT2D eigenvalue weighted by atomic mass is 16.5. The Bertz CT molecular complexity index is 572. The minimum atomic E-state index is -0.0795. The maximum atomic E-state index is 12.3. The first-order valence-corrected chi connectivity index (χ1v) is 8.56. The van der Waals surface area contributed by atoms with Crippen LogP contribution in [0.1, 0.15) is 29.0 Å². The number of likely N-dealkylation sites (tertiary alicyclic amines) is 1. The van der Waals surface area contributed by atoms with E-state index in [1.807, 2.05) is 4.90 Å². The number of hydrogen-bond acceptors (Lipinski definition) is 5. The molecule has 132 valence electrons. The Morgan fingerprint density at radius 3 is 2.54 bits per heavy atom. The smallest absolute Gasteiger partial charge is 0.255 e. The highest BCUT2D eigenvalue weighted by Gasteiger charge is 2.25. The normalized spacial score (nSPS) is 20.1. The number of ether oxygens (including phenoxy) is 1. The molecule has 2 fully saturated rings. The zero-order chi connectivity index (χ0) is 16.9. The van der Waals surface area contributed by atoms with Gasteiger partial charge >= 0.3 is 0 Å². The molecular formula is C17H25N3O4. The zero-order valence-corrected chi connectivity index (χ0v) is 14.1. The van der Waals surface area contributed by atoms with Crippen molar-refractivity contribution in [1.82, 2.24) is 15.1 Å². The molecule has 2 aliphatic heterocycles. The van der Waals surface area contributed by atoms with Crippen molar-refractivity contribution in [2.45, 2.75) is 25.8 Å². The number of nitrogens with zero attached hydrogens (tertiary/aromatic N) is 2. The molecule has 0 bridgehead atoms. The first-order chi connectivity index (χ1) is 11.6. The molecule has 2 aliphatic rings. The number of aryl methyl sites for hydroxylation is 1. The van der Waals surface area contributed by atoms with Gasteiger partial charge in [0.25, 0.3) is 5.91 Å². The van der Waals surface area contributed by atoms with Gasteiger partial charge in [-0.05, 0) is 25.8 Å². The second kappa shape index (κ2) is 7.81. The first-order valence-electron chi connectivity index (χ1n) is 8.56. The molecule has 3 rings (SSSR count). The van der Waals surface area contributed by atoms with Crippen molar-refractivity contribution in [2.75, 3.05) is 45.9 Å². The summed E-state index contributed by atoms with van der Waals surface area (Å²) in [4.78, 5) is 28.5. The molecule has 0 atom stereocenters. The van der Waals surface area contributed by atoms with Gasteiger partial charge in [-0.25, -0.2) is 0 Å². The second-order valence-electron chi connectivity index (χ2n) is 6.41. The molecule has 2 saturated heterocycles. The van der Waals surface area contributed by atoms with Gasteiger partial charge in [0, 0.05) is 32.2 Å². The van der Waals surface area contributed by atoms with E-state index >= 15 is 0 Å². The maximum Gasteiger partial charge on any atom is 0.255 e. The minimum absolute atomic E-state index is 0.0795. The molecule has 0 radical (unpaired) electrons. The summed E-state index contributed by atoms with van der Waals surface area (Å²) >= 11 is 0. The van der Waals surface area contributed by atoms with Gasteiger partial charge in [-0.1, -0.05) is 0 Å². The average Bonchev–Trinajstić information content (AvgIpc) is 3.03. The largest absolute Gasteiger partial charge is 0.469 e. The maximum absolute atomic E-state index is 12.3. The number of furan rings is 1. The lowest BCUT2D eigenvalue weighted by Crippen LogP contribution is -2.49. The summed E-state index contributed by atoms with van der Waals surface area (Å²) < 4.78 is 10.4. The number of piperidine rings is 1. The van der Waals surface area contributed by atoms with E-state index in [0.717, 1.165) is 25.9 Å². The molecular weight excluding hydrogens is 310 g/mol. The second-order valence-corrected chi connectivity index (χ2v) is 6.41. The van der Waals surface area contributed by atoms with Crippen molar-refractivity contribution in [2.24, 2.45) is 0 Å². The molecule has 0 aromatic carbocycles. The lowest BCUT2D eigenvalue weighted by molar-refractivity contribution is -0.136. The summed E-state index contributed by atoms with van der Waals surface area (Å²) in [6, 6.07) is 1.85. The third-order valence-corrected chi connectivity index (χ3v) is 4.75. The molecule has 0 spiro atoms. The third-order valence-electron chi connectivity index (χ3n) is 4.75. The molecule has 24 heavy (non-hydrogen) atoms. The van der Waals surface area contributed by atoms with E-state index in [4.69, 9.17) is 9.15 Å². The Hall–Kier alpha value is -1.86. The molecule has 1 aromatic heterocycles. The van der Waals surface area contributed by atoms with Crippen molar-refractivity contribution in [3.63, 3.8) is 0 Å². The number of carbonyl (C=O) groups is 2. The van der Waals surface area contributed by atoms with Gasteiger partial charge in [0.05, 0.1) is 31.6 Å². The number of amides is 2. The van der Waals surface area contributed by atoms with Crippen LogP contribution in [0.4, 0.5) is 0 Å². The van der Waals surface area contributed by atoms with E-state index in [9.17, 15) is 9.59 Å². The Kier molecular flexibility index (Phi) is 5.52. The third kappa shape index (κ3) is 4.15. The van der Waals surface area contributed by atoms with Gasteiger partial charge in [-0.2, -0.15) is 0 Å². The molecule has 1 N–H and O–H groups in total. The summed E-state index contributed by atoms with van der Waals surface area (Å²) in [6.45, 7) is 6.54. The van der Waals surface area contributed by atoms with Crippen molar-refractivity contribution >= 4 is 11.8 Å². The van der Waals surface area contributed by atoms with Gasteiger partial charge in [-0.15, -0.1) is 0 Å². The van der Waals surface area contributed by atoms with E-state index < -0.39 is 0 Å². The molecule has 0 saturated carbocycles. The van der Waals surface area contributed by atoms with Crippen LogP contribution in [0.3, 0.4) is 0 Å². The Morgan fingerprint density at radius 2 is 1.92 bits per heavy atom. The summed E-state index contributed by atoms with van der Waals surface area (Å²) in [7, 11) is 0. The Labute approximate surface area is 141 Å². The number of rotatable bonds is 4. The van der Waals surface area contributed by atoms with E-state index in [0.29, 0.717) is 44.2 Å². The number of carbonyl (C=O) groups excluding carboxylic acids is 2. The van der Waals surface area contributed by atoms with Gasteiger partial charge in [0.1, 0.15) is 5.76 Å². The molecule has 7 nitrogen and oxygen atoms in total. The van der Waals surface area contributed by atoms with E-state index in [2.05, 4.69) is 10.2 Å². The van der Waals surface area contributed by atoms with Gasteiger partial charge < -0.3 is 19.4 Å². The van der Waals surface area contributed by atoms with Gasteiger partial charge in [0.2, 0.25) is 5.91 Å². The number of nitrogens with one attached hydrogen (secondary N) is 1. The predicted octanol–water partition coefficient (Wildman–Crippen LogP) is 0.641. The predicted molar refractivity (Wildman–Crippen MR) is 87.8 cm³/mol. The first kappa shape index (κ1) is 17.0. The number of morpholine rings is 1. The van der Waals surface area contributed by atoms with Crippen molar-refractivity contribution in [3.05, 3.63) is 23.7 Å². The zero-order valence-electron chi connectivity index (χ0n) is 14.1. The highest BCUT2D eigenvalue weighted by molar-refractivity contribution is 5.95. The van der Waals surface area contributed by atoms with E-state index in [1.54, 1.807) is 13.0 Å². The summed E-state index contributed by atoms with van der Waals surface area (Å²) in [5, 5.41) is 3.06. The number of hydrogen-bond donors (Lipinski definition) is 1. The summed E-state index contributed by atoms with van der Waals surface area (Å²) in [6.07, 6.45) is 3.25. The van der Waals surface area contributed by atoms with Crippen LogP contribution in [0.25, 0.3) is 0 Å². The van der Waals surface area contributed by atoms with Crippen molar-refractivity contribution in [1.29, 1.82) is 0 Å². The molecule has 0 unspecified atom stereocenters. The fourth-order valence-electron chi connectivity index (χ4n) is 3.22. The van der Waals surface area contributed by atoms with Crippen LogP contribution in [-0.4, -0.2) is 73.6 Å². The van der Waals surface area contributed by atoms with E-state index in [1.165, 1.54) is 6.26 Å². The standard InChI is InChI=1S/C17H25N3O4/c1-13-15(4-9-24-13)17(22)18-14-2-5-19(6-3-14)12-16(21)20-7-10-23-11-8-20/h4,9,14H,2-3,5-8,10-12H2,1H3,(H,18,22). The topological polar surface area (TPSA) is 75.0 Å². The Balaban J connectivity index is 1.41. The van der Waals surface area contributed by atoms with Crippen molar-refractivity contribution in [3.8, 4) is 0 Å². The Morgan fingerprint density at radius 1 is 1.21 bits per heavy atom. The van der Waals surface area contributed by atoms with Crippen LogP contribution in [0.15, 0.2) is 16.7 Å². The molecule has 0 aliphatic carbocycles. The van der Waals surface area contributed by atoms with Gasteiger partial charge in [0.15, 0.2) is 0 Å². The molecule has 7 heteroatoms. The van der Waals surface area contributed by atoms with Crippen LogP contribution < -0.4 is 5.32 Å². The van der Waals surface area contributed by atoms with Gasteiger partial charge in [-0.3, -0.25) is 14.5 Å². The molecule has 2 amide bonds. The van der Waals surface area contributed by atoms with E-state index in [-0.39, 0.29) is 17.9 Å². The molecule has 3 heterocycles. The fraction of sp³-hybridized carbons (Fsp3) is 0.647. The summed E-state index contributed by atoms with van der Waals surface area (Å²) in [5.41, 5.74) is 0.597. The summed E-state index contributed by atoms with van der Waals surface area (Å²) in [5.74, 6) is 0.736. The molecule has 1 aromatic rings. The van der Waals surface area contributed by atoms with Crippen molar-refractivity contribution < 1.29 is 18.7 Å². The fourth-order valence-corrected chi connectivity index (χ4v) is 3.22. The minimum Gasteiger partial charge on any atom is -0.469 e. The van der Waals surface area contributed by atoms with Crippen LogP contribution in [0.5, 0.6) is 0 Å². The van der Waals surface area contributed by atoms with Crippen LogP contribution in [0.2, 0.25) is 0 Å². The van der Waals surface area contributed by atoms with Crippen LogP contribution >= 0.6 is 0 Å². The lowest BCUT2D eigenvalue weighted by atomic mass is 10.0.